The maximum Gasteiger partial charge on any atom is 0.0506 e. The summed E-state index contributed by atoms with van der Waals surface area (Å²) < 4.78 is 10.9. The maximum absolute atomic E-state index is 5.46. The lowest BCUT2D eigenvalue weighted by atomic mass is 10.0. The largest absolute Gasteiger partial charge is 0.381 e. The molecule has 2 aliphatic rings. The molecular weight excluding hydrogens is 190 g/mol. The van der Waals surface area contributed by atoms with Gasteiger partial charge in [-0.25, -0.2) is 0 Å². The Balaban J connectivity index is 1.53. The van der Waals surface area contributed by atoms with Crippen molar-refractivity contribution < 1.29 is 9.47 Å². The van der Waals surface area contributed by atoms with Gasteiger partial charge in [-0.05, 0) is 37.5 Å². The van der Waals surface area contributed by atoms with E-state index in [0.29, 0.717) is 0 Å². The highest BCUT2D eigenvalue weighted by Crippen LogP contribution is 2.14. The summed E-state index contributed by atoms with van der Waals surface area (Å²) in [5.41, 5.74) is 0. The van der Waals surface area contributed by atoms with Crippen LogP contribution in [-0.2, 0) is 9.47 Å². The first-order valence-electron chi connectivity index (χ1n) is 6.31. The van der Waals surface area contributed by atoms with Crippen molar-refractivity contribution in [2.45, 2.75) is 25.7 Å². The standard InChI is InChI=1S/C12H23NO2/c1-3-11(9-14-5-1)7-13-8-12-4-2-6-15-10-12/h11-13H,1-10H2/t11-,12-/m1/s1. The van der Waals surface area contributed by atoms with Gasteiger partial charge in [-0.2, -0.15) is 0 Å². The summed E-state index contributed by atoms with van der Waals surface area (Å²) >= 11 is 0. The molecule has 0 aromatic carbocycles. The molecule has 0 bridgehead atoms. The van der Waals surface area contributed by atoms with E-state index < -0.39 is 0 Å². The van der Waals surface area contributed by atoms with E-state index in [4.69, 9.17) is 9.47 Å². The highest BCUT2D eigenvalue weighted by Gasteiger charge is 2.16. The van der Waals surface area contributed by atoms with Gasteiger partial charge in [0, 0.05) is 26.3 Å². The number of nitrogens with one attached hydrogen (secondary N) is 1. The van der Waals surface area contributed by atoms with E-state index >= 15 is 0 Å². The summed E-state index contributed by atoms with van der Waals surface area (Å²) in [7, 11) is 0. The Morgan fingerprint density at radius 2 is 1.40 bits per heavy atom. The molecule has 3 nitrogen and oxygen atoms in total. The van der Waals surface area contributed by atoms with Crippen molar-refractivity contribution in [3.05, 3.63) is 0 Å². The van der Waals surface area contributed by atoms with Crippen LogP contribution in [0, 0.1) is 11.8 Å². The Morgan fingerprint density at radius 3 is 1.80 bits per heavy atom. The molecule has 88 valence electrons. The van der Waals surface area contributed by atoms with Crippen molar-refractivity contribution in [1.82, 2.24) is 5.32 Å². The SMILES string of the molecule is C1COC[C@@H](CNC[C@H]2CCCOC2)C1. The lowest BCUT2D eigenvalue weighted by Crippen LogP contribution is -2.34. The van der Waals surface area contributed by atoms with E-state index in [-0.39, 0.29) is 0 Å². The fourth-order valence-electron chi connectivity index (χ4n) is 2.43. The van der Waals surface area contributed by atoms with Crippen LogP contribution in [0.5, 0.6) is 0 Å². The van der Waals surface area contributed by atoms with Gasteiger partial charge in [-0.15, -0.1) is 0 Å². The maximum atomic E-state index is 5.46. The minimum Gasteiger partial charge on any atom is -0.381 e. The van der Waals surface area contributed by atoms with Crippen LogP contribution in [0.3, 0.4) is 0 Å². The van der Waals surface area contributed by atoms with E-state index in [1.54, 1.807) is 0 Å². The highest BCUT2D eigenvalue weighted by molar-refractivity contribution is 4.69. The predicted molar refractivity (Wildman–Crippen MR) is 60.0 cm³/mol. The summed E-state index contributed by atoms with van der Waals surface area (Å²) in [6.45, 7) is 6.08. The number of rotatable bonds is 4. The topological polar surface area (TPSA) is 30.5 Å². The molecule has 0 aromatic heterocycles. The van der Waals surface area contributed by atoms with Gasteiger partial charge in [-0.1, -0.05) is 0 Å². The second kappa shape index (κ2) is 6.46. The van der Waals surface area contributed by atoms with Gasteiger partial charge >= 0.3 is 0 Å². The molecule has 0 radical (unpaired) electrons. The van der Waals surface area contributed by atoms with E-state index in [1.165, 1.54) is 25.7 Å². The first-order valence-corrected chi connectivity index (χ1v) is 6.31. The molecular formula is C12H23NO2. The Labute approximate surface area is 92.5 Å². The van der Waals surface area contributed by atoms with Gasteiger partial charge in [0.25, 0.3) is 0 Å². The fourth-order valence-corrected chi connectivity index (χ4v) is 2.43. The van der Waals surface area contributed by atoms with Crippen LogP contribution in [0.4, 0.5) is 0 Å². The van der Waals surface area contributed by atoms with Gasteiger partial charge in [-0.3, -0.25) is 0 Å². The average molecular weight is 213 g/mol. The Kier molecular flexibility index (Phi) is 4.90. The minimum absolute atomic E-state index is 0.739. The highest BCUT2D eigenvalue weighted by atomic mass is 16.5. The Hall–Kier alpha value is -0.120. The van der Waals surface area contributed by atoms with Crippen LogP contribution in [0.15, 0.2) is 0 Å². The zero-order valence-corrected chi connectivity index (χ0v) is 9.54. The van der Waals surface area contributed by atoms with Crippen molar-refractivity contribution >= 4 is 0 Å². The summed E-state index contributed by atoms with van der Waals surface area (Å²) in [6.07, 6.45) is 5.13. The molecule has 0 spiro atoms. The van der Waals surface area contributed by atoms with Crippen LogP contribution in [0.1, 0.15) is 25.7 Å². The lowest BCUT2D eigenvalue weighted by molar-refractivity contribution is 0.0452. The van der Waals surface area contributed by atoms with Crippen molar-refractivity contribution in [3.8, 4) is 0 Å². The number of hydrogen-bond donors (Lipinski definition) is 1. The molecule has 2 atom stereocenters. The molecule has 1 N–H and O–H groups in total. The molecule has 0 aliphatic carbocycles. The molecule has 0 aromatic rings. The van der Waals surface area contributed by atoms with Crippen molar-refractivity contribution in [2.75, 3.05) is 39.5 Å². The normalized spacial score (nSPS) is 32.8. The van der Waals surface area contributed by atoms with Crippen molar-refractivity contribution in [3.63, 3.8) is 0 Å². The second-order valence-corrected chi connectivity index (χ2v) is 4.82. The molecule has 0 amide bonds. The monoisotopic (exact) mass is 213 g/mol. The zero-order valence-electron chi connectivity index (χ0n) is 9.54. The molecule has 2 heterocycles. The summed E-state index contributed by atoms with van der Waals surface area (Å²) in [6, 6.07) is 0. The third-order valence-corrected chi connectivity index (χ3v) is 3.38. The average Bonchev–Trinajstić information content (AvgIpc) is 2.32. The van der Waals surface area contributed by atoms with Gasteiger partial charge < -0.3 is 14.8 Å². The van der Waals surface area contributed by atoms with E-state index in [9.17, 15) is 0 Å². The summed E-state index contributed by atoms with van der Waals surface area (Å²) in [5.74, 6) is 1.48. The van der Waals surface area contributed by atoms with E-state index in [1.807, 2.05) is 0 Å². The Morgan fingerprint density at radius 1 is 0.867 bits per heavy atom. The molecule has 0 saturated carbocycles. The van der Waals surface area contributed by atoms with Crippen LogP contribution >= 0.6 is 0 Å². The molecule has 2 saturated heterocycles. The smallest absolute Gasteiger partial charge is 0.0506 e. The first kappa shape index (κ1) is 11.4. The van der Waals surface area contributed by atoms with Gasteiger partial charge in [0.05, 0.1) is 13.2 Å². The molecule has 2 fully saturated rings. The molecule has 2 aliphatic heterocycles. The van der Waals surface area contributed by atoms with Crippen LogP contribution in [-0.4, -0.2) is 39.5 Å². The third kappa shape index (κ3) is 4.09. The van der Waals surface area contributed by atoms with Crippen molar-refractivity contribution in [1.29, 1.82) is 0 Å². The molecule has 3 heteroatoms. The second-order valence-electron chi connectivity index (χ2n) is 4.82. The van der Waals surface area contributed by atoms with E-state index in [2.05, 4.69) is 5.32 Å². The van der Waals surface area contributed by atoms with Crippen LogP contribution < -0.4 is 5.32 Å². The Bertz CT molecular complexity index is 145. The lowest BCUT2D eigenvalue weighted by Gasteiger charge is -2.25. The molecule has 15 heavy (non-hydrogen) atoms. The number of hydrogen-bond acceptors (Lipinski definition) is 3. The minimum atomic E-state index is 0.739. The first-order chi connectivity index (χ1) is 7.45. The third-order valence-electron chi connectivity index (χ3n) is 3.38. The predicted octanol–water partition coefficient (Wildman–Crippen LogP) is 1.43. The van der Waals surface area contributed by atoms with Gasteiger partial charge in [0.15, 0.2) is 0 Å². The summed E-state index contributed by atoms with van der Waals surface area (Å²) in [4.78, 5) is 0. The van der Waals surface area contributed by atoms with Gasteiger partial charge in [0.2, 0.25) is 0 Å². The van der Waals surface area contributed by atoms with E-state index in [0.717, 1.165) is 51.4 Å². The zero-order chi connectivity index (χ0) is 10.3. The quantitative estimate of drug-likeness (QED) is 0.766. The van der Waals surface area contributed by atoms with Gasteiger partial charge in [0.1, 0.15) is 0 Å². The number of ether oxygens (including phenoxy) is 2. The van der Waals surface area contributed by atoms with Crippen LogP contribution in [0.2, 0.25) is 0 Å². The van der Waals surface area contributed by atoms with Crippen molar-refractivity contribution in [2.24, 2.45) is 11.8 Å². The fraction of sp³-hybridized carbons (Fsp3) is 1.00. The molecule has 2 rings (SSSR count). The van der Waals surface area contributed by atoms with Crippen LogP contribution in [0.25, 0.3) is 0 Å². The molecule has 0 unspecified atom stereocenters. The summed E-state index contributed by atoms with van der Waals surface area (Å²) in [5, 5.41) is 3.56.